The predicted octanol–water partition coefficient (Wildman–Crippen LogP) is 2.81. The maximum Gasteiger partial charge on any atom is 0.410 e. The van der Waals surface area contributed by atoms with Crippen molar-refractivity contribution in [1.82, 2.24) is 10.2 Å². The van der Waals surface area contributed by atoms with Crippen LogP contribution in [0.4, 0.5) is 4.79 Å². The van der Waals surface area contributed by atoms with Crippen LogP contribution in [0.15, 0.2) is 0 Å². The summed E-state index contributed by atoms with van der Waals surface area (Å²) in [6.07, 6.45) is 3.29. The van der Waals surface area contributed by atoms with Crippen LogP contribution in [0.2, 0.25) is 0 Å². The predicted molar refractivity (Wildman–Crippen MR) is 78.8 cm³/mol. The molecule has 2 heterocycles. The van der Waals surface area contributed by atoms with Gasteiger partial charge in [-0.15, -0.1) is 12.4 Å². The Bertz CT molecular complexity index is 320. The van der Waals surface area contributed by atoms with Crippen molar-refractivity contribution in [1.29, 1.82) is 0 Å². The third-order valence-corrected chi connectivity index (χ3v) is 4.04. The number of ether oxygens (including phenoxy) is 1. The van der Waals surface area contributed by atoms with Gasteiger partial charge in [0.05, 0.1) is 0 Å². The summed E-state index contributed by atoms with van der Waals surface area (Å²) in [6.45, 7) is 10.8. The van der Waals surface area contributed by atoms with Gasteiger partial charge in [0.25, 0.3) is 0 Å². The van der Waals surface area contributed by atoms with Crippen molar-refractivity contribution < 1.29 is 9.53 Å². The van der Waals surface area contributed by atoms with Gasteiger partial charge in [-0.1, -0.05) is 0 Å². The van der Waals surface area contributed by atoms with Gasteiger partial charge in [0.2, 0.25) is 0 Å². The number of hydrogen-bond acceptors (Lipinski definition) is 3. The number of carbonyl (C=O) groups is 1. The smallest absolute Gasteiger partial charge is 0.410 e. The number of hydrogen-bond donors (Lipinski definition) is 1. The maximum atomic E-state index is 12.0. The fourth-order valence-electron chi connectivity index (χ4n) is 3.06. The first-order chi connectivity index (χ1) is 8.30. The summed E-state index contributed by atoms with van der Waals surface area (Å²) in [7, 11) is 0. The van der Waals surface area contributed by atoms with Gasteiger partial charge in [0, 0.05) is 25.7 Å². The molecular formula is C14H27ClN2O2. The molecule has 0 saturated carbocycles. The van der Waals surface area contributed by atoms with Crippen LogP contribution in [0, 0.1) is 5.41 Å². The summed E-state index contributed by atoms with van der Waals surface area (Å²) in [5, 5.41) is 3.53. The molecule has 1 atom stereocenters. The highest BCUT2D eigenvalue weighted by molar-refractivity contribution is 5.85. The molecule has 0 aromatic carbocycles. The van der Waals surface area contributed by atoms with E-state index in [9.17, 15) is 4.79 Å². The quantitative estimate of drug-likeness (QED) is 0.746. The minimum Gasteiger partial charge on any atom is -0.444 e. The van der Waals surface area contributed by atoms with Crippen LogP contribution >= 0.6 is 12.4 Å². The summed E-state index contributed by atoms with van der Waals surface area (Å²) in [6, 6.07) is 0.623. The third kappa shape index (κ3) is 4.25. The summed E-state index contributed by atoms with van der Waals surface area (Å²) in [5.74, 6) is 0. The summed E-state index contributed by atoms with van der Waals surface area (Å²) >= 11 is 0. The molecule has 0 bridgehead atoms. The number of carbonyl (C=O) groups excluding carboxylic acids is 1. The monoisotopic (exact) mass is 290 g/mol. The second-order valence-electron chi connectivity index (χ2n) is 6.95. The first-order valence-electron chi connectivity index (χ1n) is 7.01. The zero-order chi connectivity index (χ0) is 13.4. The van der Waals surface area contributed by atoms with Crippen LogP contribution in [0.5, 0.6) is 0 Å². The molecular weight excluding hydrogens is 264 g/mol. The van der Waals surface area contributed by atoms with Gasteiger partial charge < -0.3 is 15.0 Å². The van der Waals surface area contributed by atoms with Crippen molar-refractivity contribution in [3.63, 3.8) is 0 Å². The van der Waals surface area contributed by atoms with Crippen molar-refractivity contribution in [2.45, 2.75) is 58.6 Å². The largest absolute Gasteiger partial charge is 0.444 e. The Labute approximate surface area is 122 Å². The molecule has 2 saturated heterocycles. The van der Waals surface area contributed by atoms with Crippen LogP contribution < -0.4 is 5.32 Å². The Balaban J connectivity index is 0.00000180. The van der Waals surface area contributed by atoms with E-state index < -0.39 is 5.60 Å². The van der Waals surface area contributed by atoms with Crippen molar-refractivity contribution in [3.05, 3.63) is 0 Å². The lowest BCUT2D eigenvalue weighted by molar-refractivity contribution is 0.0118. The third-order valence-electron chi connectivity index (χ3n) is 4.04. The topological polar surface area (TPSA) is 41.6 Å². The molecule has 1 amide bonds. The minimum atomic E-state index is -0.393. The van der Waals surface area contributed by atoms with E-state index in [1.807, 2.05) is 25.7 Å². The number of nitrogens with one attached hydrogen (secondary N) is 1. The lowest BCUT2D eigenvalue weighted by Gasteiger charge is -2.39. The fourth-order valence-corrected chi connectivity index (χ4v) is 3.06. The van der Waals surface area contributed by atoms with Gasteiger partial charge in [-0.05, 0) is 52.4 Å². The highest BCUT2D eigenvalue weighted by Gasteiger charge is 2.41. The molecule has 0 aliphatic carbocycles. The van der Waals surface area contributed by atoms with Gasteiger partial charge in [-0.25, -0.2) is 4.79 Å². The number of amides is 1. The molecule has 0 radical (unpaired) electrons. The van der Waals surface area contributed by atoms with Crippen molar-refractivity contribution >= 4 is 18.5 Å². The first-order valence-corrected chi connectivity index (χ1v) is 7.01. The second kappa shape index (κ2) is 5.88. The standard InChI is InChI=1S/C14H26N2O2.ClH/c1-11-9-14(10-15-11)5-7-16(8-6-14)12(17)18-13(2,3)4;/h11,15H,5-10H2,1-4H3;1H. The molecule has 2 aliphatic heterocycles. The van der Waals surface area contributed by atoms with Crippen LogP contribution in [-0.4, -0.2) is 42.3 Å². The molecule has 112 valence electrons. The Hall–Kier alpha value is -0.480. The second-order valence-corrected chi connectivity index (χ2v) is 6.95. The zero-order valence-electron chi connectivity index (χ0n) is 12.5. The molecule has 2 fully saturated rings. The van der Waals surface area contributed by atoms with E-state index >= 15 is 0 Å². The van der Waals surface area contributed by atoms with E-state index in [2.05, 4.69) is 12.2 Å². The normalized spacial score (nSPS) is 26.1. The van der Waals surface area contributed by atoms with Gasteiger partial charge >= 0.3 is 6.09 Å². The van der Waals surface area contributed by atoms with Gasteiger partial charge in [-0.2, -0.15) is 0 Å². The fraction of sp³-hybridized carbons (Fsp3) is 0.929. The molecule has 1 N–H and O–H groups in total. The van der Waals surface area contributed by atoms with Crippen LogP contribution in [0.3, 0.4) is 0 Å². The molecule has 1 unspecified atom stereocenters. The van der Waals surface area contributed by atoms with E-state index in [0.29, 0.717) is 11.5 Å². The molecule has 2 aliphatic rings. The summed E-state index contributed by atoms with van der Waals surface area (Å²) < 4.78 is 5.42. The number of nitrogens with zero attached hydrogens (tertiary/aromatic N) is 1. The van der Waals surface area contributed by atoms with Gasteiger partial charge in [-0.3, -0.25) is 0 Å². The first kappa shape index (κ1) is 16.6. The van der Waals surface area contributed by atoms with Crippen molar-refractivity contribution in [2.24, 2.45) is 5.41 Å². The molecule has 1 spiro atoms. The molecule has 0 aromatic heterocycles. The van der Waals surface area contributed by atoms with E-state index in [4.69, 9.17) is 4.74 Å². The van der Waals surface area contributed by atoms with Gasteiger partial charge in [0.1, 0.15) is 5.60 Å². The Morgan fingerprint density at radius 3 is 2.32 bits per heavy atom. The van der Waals surface area contributed by atoms with E-state index in [-0.39, 0.29) is 18.5 Å². The number of piperidine rings is 1. The zero-order valence-corrected chi connectivity index (χ0v) is 13.3. The minimum absolute atomic E-state index is 0. The van der Waals surface area contributed by atoms with Crippen LogP contribution in [0.1, 0.15) is 47.0 Å². The Morgan fingerprint density at radius 1 is 1.32 bits per heavy atom. The van der Waals surface area contributed by atoms with Gasteiger partial charge in [0.15, 0.2) is 0 Å². The number of halogens is 1. The van der Waals surface area contributed by atoms with Crippen LogP contribution in [-0.2, 0) is 4.74 Å². The molecule has 5 heteroatoms. The lowest BCUT2D eigenvalue weighted by Crippen LogP contribution is -2.45. The van der Waals surface area contributed by atoms with E-state index in [0.717, 1.165) is 32.5 Å². The summed E-state index contributed by atoms with van der Waals surface area (Å²) in [5.41, 5.74) is 0.0353. The number of likely N-dealkylation sites (tertiary alicyclic amines) is 1. The Kier molecular flexibility index (Phi) is 5.13. The van der Waals surface area contributed by atoms with Crippen molar-refractivity contribution in [2.75, 3.05) is 19.6 Å². The lowest BCUT2D eigenvalue weighted by atomic mass is 9.77. The molecule has 19 heavy (non-hydrogen) atoms. The van der Waals surface area contributed by atoms with E-state index in [1.54, 1.807) is 0 Å². The molecule has 4 nitrogen and oxygen atoms in total. The molecule has 2 rings (SSSR count). The number of rotatable bonds is 0. The van der Waals surface area contributed by atoms with Crippen molar-refractivity contribution in [3.8, 4) is 0 Å². The molecule has 0 aromatic rings. The van der Waals surface area contributed by atoms with Crippen LogP contribution in [0.25, 0.3) is 0 Å². The highest BCUT2D eigenvalue weighted by atomic mass is 35.5. The summed E-state index contributed by atoms with van der Waals surface area (Å²) in [4.78, 5) is 13.8. The van der Waals surface area contributed by atoms with E-state index in [1.165, 1.54) is 6.42 Å². The average molecular weight is 291 g/mol. The average Bonchev–Trinajstić information content (AvgIpc) is 2.58. The SMILES string of the molecule is CC1CC2(CCN(C(=O)OC(C)(C)C)CC2)CN1.Cl. The Morgan fingerprint density at radius 2 is 1.89 bits per heavy atom. The maximum absolute atomic E-state index is 12.0. The highest BCUT2D eigenvalue weighted by Crippen LogP contribution is 2.39.